The van der Waals surface area contributed by atoms with Crippen LogP contribution in [0.15, 0.2) is 4.52 Å². The van der Waals surface area contributed by atoms with Crippen molar-refractivity contribution in [1.82, 2.24) is 10.1 Å². The Bertz CT molecular complexity index is 404. The summed E-state index contributed by atoms with van der Waals surface area (Å²) >= 11 is 0. The van der Waals surface area contributed by atoms with Crippen molar-refractivity contribution in [2.45, 2.75) is 57.7 Å². The first-order valence-electron chi connectivity index (χ1n) is 5.62. The lowest BCUT2D eigenvalue weighted by Gasteiger charge is -2.34. The number of hydrogen-bond acceptors (Lipinski definition) is 4. The molecule has 104 valence electrons. The van der Waals surface area contributed by atoms with Crippen molar-refractivity contribution >= 4 is 0 Å². The summed E-state index contributed by atoms with van der Waals surface area (Å²) in [5.41, 5.74) is 4.75. The minimum atomic E-state index is -4.22. The Morgan fingerprint density at radius 1 is 1.17 bits per heavy atom. The first-order chi connectivity index (χ1) is 7.93. The van der Waals surface area contributed by atoms with Gasteiger partial charge in [-0.2, -0.15) is 18.2 Å². The van der Waals surface area contributed by atoms with Crippen molar-refractivity contribution in [3.63, 3.8) is 0 Å². The average molecular weight is 265 g/mol. The summed E-state index contributed by atoms with van der Waals surface area (Å²) in [7, 11) is 0. The van der Waals surface area contributed by atoms with Gasteiger partial charge in [0.1, 0.15) is 0 Å². The number of halogens is 3. The maximum absolute atomic E-state index is 12.1. The quantitative estimate of drug-likeness (QED) is 0.908. The van der Waals surface area contributed by atoms with Crippen LogP contribution in [0.5, 0.6) is 0 Å². The van der Waals surface area contributed by atoms with Gasteiger partial charge in [-0.1, -0.05) is 5.16 Å². The maximum atomic E-state index is 12.1. The van der Waals surface area contributed by atoms with Gasteiger partial charge in [0, 0.05) is 12.0 Å². The number of aromatic nitrogens is 2. The van der Waals surface area contributed by atoms with Crippen LogP contribution in [-0.2, 0) is 11.8 Å². The second-order valence-electron chi connectivity index (χ2n) is 5.48. The Hall–Kier alpha value is -1.11. The van der Waals surface area contributed by atoms with Crippen LogP contribution in [0.3, 0.4) is 0 Å². The van der Waals surface area contributed by atoms with E-state index in [9.17, 15) is 13.2 Å². The van der Waals surface area contributed by atoms with E-state index in [1.807, 2.05) is 13.8 Å². The predicted octanol–water partition coefficient (Wildman–Crippen LogP) is 2.58. The van der Waals surface area contributed by atoms with Crippen molar-refractivity contribution in [2.24, 2.45) is 5.73 Å². The summed E-state index contributed by atoms with van der Waals surface area (Å²) in [6.45, 7) is 7.22. The molecule has 0 bridgehead atoms. The molecule has 0 aromatic carbocycles. The second-order valence-corrected chi connectivity index (χ2v) is 5.48. The van der Waals surface area contributed by atoms with Crippen LogP contribution < -0.4 is 5.73 Å². The fourth-order valence-electron chi connectivity index (χ4n) is 1.14. The van der Waals surface area contributed by atoms with Gasteiger partial charge in [-0.3, -0.25) is 0 Å². The van der Waals surface area contributed by atoms with E-state index in [0.717, 1.165) is 0 Å². The molecule has 1 aromatic rings. The Balaban J connectivity index is 2.81. The number of alkyl halides is 3. The fourth-order valence-corrected chi connectivity index (χ4v) is 1.14. The van der Waals surface area contributed by atoms with Crippen LogP contribution in [0.2, 0.25) is 0 Å². The molecular formula is C11H18F3N3O. The van der Waals surface area contributed by atoms with Gasteiger partial charge in [0.2, 0.25) is 5.89 Å². The minimum absolute atomic E-state index is 0.0552. The number of hydrogen-bond donors (Lipinski definition) is 1. The topological polar surface area (TPSA) is 64.9 Å². The lowest BCUT2D eigenvalue weighted by atomic mass is 9.75. The highest BCUT2D eigenvalue weighted by atomic mass is 19.4. The molecule has 0 saturated carbocycles. The summed E-state index contributed by atoms with van der Waals surface area (Å²) < 4.78 is 41.2. The van der Waals surface area contributed by atoms with Gasteiger partial charge in [-0.25, -0.2) is 0 Å². The van der Waals surface area contributed by atoms with E-state index in [1.54, 1.807) is 13.8 Å². The molecule has 0 aliphatic carbocycles. The molecule has 2 N–H and O–H groups in total. The first kappa shape index (κ1) is 14.9. The van der Waals surface area contributed by atoms with Gasteiger partial charge < -0.3 is 10.3 Å². The molecule has 0 aliphatic heterocycles. The molecule has 0 aliphatic rings. The van der Waals surface area contributed by atoms with Crippen LogP contribution in [0, 0.1) is 0 Å². The summed E-state index contributed by atoms with van der Waals surface area (Å²) in [6.07, 6.45) is -5.46. The average Bonchev–Trinajstić information content (AvgIpc) is 2.60. The monoisotopic (exact) mass is 265 g/mol. The molecule has 0 fully saturated rings. The maximum Gasteiger partial charge on any atom is 0.389 e. The van der Waals surface area contributed by atoms with E-state index in [1.165, 1.54) is 0 Å². The molecular weight excluding hydrogens is 247 g/mol. The molecule has 1 aromatic heterocycles. The summed E-state index contributed by atoms with van der Waals surface area (Å²) in [5, 5.41) is 3.56. The van der Waals surface area contributed by atoms with Crippen LogP contribution in [0.1, 0.15) is 45.8 Å². The van der Waals surface area contributed by atoms with Gasteiger partial charge in [0.25, 0.3) is 0 Å². The number of nitrogens with zero attached hydrogens (tertiary/aromatic N) is 2. The van der Waals surface area contributed by atoms with Crippen molar-refractivity contribution in [1.29, 1.82) is 0 Å². The molecule has 0 saturated heterocycles. The Morgan fingerprint density at radius 3 is 2.17 bits per heavy atom. The van der Waals surface area contributed by atoms with Gasteiger partial charge >= 0.3 is 6.18 Å². The van der Waals surface area contributed by atoms with E-state index in [0.29, 0.717) is 0 Å². The molecule has 0 unspecified atom stereocenters. The zero-order chi connectivity index (χ0) is 14.2. The normalized spacial score (nSPS) is 14.0. The van der Waals surface area contributed by atoms with Crippen molar-refractivity contribution in [2.75, 3.05) is 0 Å². The van der Waals surface area contributed by atoms with E-state index in [4.69, 9.17) is 10.3 Å². The molecule has 0 spiro atoms. The zero-order valence-electron chi connectivity index (χ0n) is 10.9. The van der Waals surface area contributed by atoms with E-state index in [2.05, 4.69) is 10.1 Å². The van der Waals surface area contributed by atoms with E-state index < -0.39 is 23.6 Å². The van der Waals surface area contributed by atoms with Crippen molar-refractivity contribution < 1.29 is 17.7 Å². The van der Waals surface area contributed by atoms with E-state index in [-0.39, 0.29) is 18.1 Å². The third-order valence-electron chi connectivity index (χ3n) is 3.25. The molecule has 1 rings (SSSR count). The molecule has 1 heterocycles. The van der Waals surface area contributed by atoms with Gasteiger partial charge in [-0.15, -0.1) is 0 Å². The van der Waals surface area contributed by atoms with Gasteiger partial charge in [0.05, 0.1) is 11.8 Å². The predicted molar refractivity (Wildman–Crippen MR) is 60.0 cm³/mol. The molecule has 4 nitrogen and oxygen atoms in total. The second kappa shape index (κ2) is 4.53. The smallest absolute Gasteiger partial charge is 0.339 e. The highest BCUT2D eigenvalue weighted by Gasteiger charge is 2.40. The third kappa shape index (κ3) is 3.44. The van der Waals surface area contributed by atoms with Crippen LogP contribution in [0.4, 0.5) is 13.2 Å². The first-order valence-corrected chi connectivity index (χ1v) is 5.62. The van der Waals surface area contributed by atoms with Crippen molar-refractivity contribution in [3.8, 4) is 0 Å². The molecule has 18 heavy (non-hydrogen) atoms. The number of aryl methyl sites for hydroxylation is 1. The SMILES string of the molecule is CC(C)(N)C(C)(C)c1nc(CCC(F)(F)F)no1. The standard InChI is InChI=1S/C11H18F3N3O/c1-9(2,10(3,4)15)8-16-7(17-18-8)5-6-11(12,13)14/h5-6,15H2,1-4H3. The van der Waals surface area contributed by atoms with Crippen LogP contribution in [-0.4, -0.2) is 21.9 Å². The molecule has 0 atom stereocenters. The fraction of sp³-hybridized carbons (Fsp3) is 0.818. The van der Waals surface area contributed by atoms with Crippen LogP contribution in [0.25, 0.3) is 0 Å². The third-order valence-corrected chi connectivity index (χ3v) is 3.25. The molecule has 7 heteroatoms. The molecule has 0 radical (unpaired) electrons. The van der Waals surface area contributed by atoms with Gasteiger partial charge in [-0.05, 0) is 27.7 Å². The number of nitrogens with two attached hydrogens (primary N) is 1. The summed E-state index contributed by atoms with van der Waals surface area (Å²) in [4.78, 5) is 3.99. The Morgan fingerprint density at radius 2 is 1.72 bits per heavy atom. The largest absolute Gasteiger partial charge is 0.389 e. The highest BCUT2D eigenvalue weighted by molar-refractivity contribution is 5.10. The van der Waals surface area contributed by atoms with Crippen LogP contribution >= 0.6 is 0 Å². The van der Waals surface area contributed by atoms with Gasteiger partial charge in [0.15, 0.2) is 5.82 Å². The number of rotatable bonds is 4. The Kier molecular flexibility index (Phi) is 3.76. The van der Waals surface area contributed by atoms with Crippen molar-refractivity contribution in [3.05, 3.63) is 11.7 Å². The zero-order valence-corrected chi connectivity index (χ0v) is 10.9. The summed E-state index contributed by atoms with van der Waals surface area (Å²) in [6, 6.07) is 0. The summed E-state index contributed by atoms with van der Waals surface area (Å²) in [5.74, 6) is 0.312. The van der Waals surface area contributed by atoms with E-state index >= 15 is 0 Å². The lowest BCUT2D eigenvalue weighted by molar-refractivity contribution is -0.134. The molecule has 0 amide bonds. The lowest BCUT2D eigenvalue weighted by Crippen LogP contribution is -2.50. The minimum Gasteiger partial charge on any atom is -0.339 e. The Labute approximate surface area is 104 Å². The highest BCUT2D eigenvalue weighted by Crippen LogP contribution is 2.32.